The Morgan fingerprint density at radius 3 is 2.16 bits per heavy atom. The highest BCUT2D eigenvalue weighted by Gasteiger charge is 2.37. The lowest BCUT2D eigenvalue weighted by Gasteiger charge is -2.14. The number of rotatable bonds is 1. The molecule has 0 fully saturated rings. The Bertz CT molecular complexity index is 570. The van der Waals surface area contributed by atoms with Gasteiger partial charge in [0.15, 0.2) is 0 Å². The number of aromatic nitrogens is 1. The highest BCUT2D eigenvalue weighted by atomic mass is 32.1. The van der Waals surface area contributed by atoms with Crippen LogP contribution in [0.25, 0.3) is 10.6 Å². The molecule has 1 aromatic carbocycles. The molecule has 2 rings (SSSR count). The molecule has 0 atom stereocenters. The van der Waals surface area contributed by atoms with E-state index in [0.717, 1.165) is 17.5 Å². The maximum Gasteiger partial charge on any atom is 0.417 e. The molecule has 0 unspecified atom stereocenters. The molecule has 0 bridgehead atoms. The minimum Gasteiger partial charge on any atom is -0.244 e. The minimum atomic E-state index is -4.74. The predicted octanol–water partition coefficient (Wildman–Crippen LogP) is 4.65. The van der Waals surface area contributed by atoms with E-state index in [-0.39, 0.29) is 5.01 Å². The summed E-state index contributed by atoms with van der Waals surface area (Å²) in [5.74, 6) is 0. The number of nitrogens with zero attached hydrogens (tertiary/aromatic N) is 1. The number of hydrogen-bond donors (Lipinski definition) is 0. The second kappa shape index (κ2) is 4.52. The van der Waals surface area contributed by atoms with Crippen molar-refractivity contribution in [2.24, 2.45) is 0 Å². The van der Waals surface area contributed by atoms with Gasteiger partial charge in [0.1, 0.15) is 5.01 Å². The number of hydrogen-bond acceptors (Lipinski definition) is 2. The summed E-state index contributed by atoms with van der Waals surface area (Å²) in [5.41, 5.74) is -2.89. The number of alkyl halides is 6. The van der Waals surface area contributed by atoms with Crippen molar-refractivity contribution < 1.29 is 26.3 Å². The molecule has 0 aliphatic heterocycles. The summed E-state index contributed by atoms with van der Waals surface area (Å²) in [6.45, 7) is 0. The second-order valence-corrected chi connectivity index (χ2v) is 4.37. The average molecular weight is 296 g/mol. The Morgan fingerprint density at radius 1 is 1.00 bits per heavy atom. The lowest BCUT2D eigenvalue weighted by atomic mass is 10.0. The monoisotopic (exact) mass is 296 g/mol. The van der Waals surface area contributed by atoms with Crippen molar-refractivity contribution in [3.05, 3.63) is 40.9 Å². The maximum absolute atomic E-state index is 12.8. The lowest BCUT2D eigenvalue weighted by molar-refractivity contribution is -0.141. The molecule has 1 nitrogen and oxygen atoms in total. The van der Waals surface area contributed by atoms with E-state index in [1.807, 2.05) is 0 Å². The molecule has 0 saturated carbocycles. The van der Waals surface area contributed by atoms with Gasteiger partial charge in [0.25, 0.3) is 0 Å². The molecule has 101 valence electrons. The summed E-state index contributed by atoms with van der Waals surface area (Å²) in [5, 5.41) is 2.29. The van der Waals surface area contributed by atoms with Gasteiger partial charge in [0.05, 0.1) is 16.5 Å². The first-order chi connectivity index (χ1) is 8.69. The average Bonchev–Trinajstić information content (AvgIpc) is 2.79. The molecular weight excluding hydrogens is 292 g/mol. The first-order valence-corrected chi connectivity index (χ1v) is 5.62. The van der Waals surface area contributed by atoms with Crippen molar-refractivity contribution in [1.82, 2.24) is 4.98 Å². The van der Waals surface area contributed by atoms with Crippen LogP contribution < -0.4 is 0 Å². The molecule has 1 radical (unpaired) electrons. The molecule has 8 heteroatoms. The Balaban J connectivity index is 2.65. The highest BCUT2D eigenvalue weighted by molar-refractivity contribution is 7.12. The van der Waals surface area contributed by atoms with Gasteiger partial charge in [-0.15, -0.1) is 11.3 Å². The predicted molar refractivity (Wildman–Crippen MR) is 56.4 cm³/mol. The third kappa shape index (κ3) is 2.89. The van der Waals surface area contributed by atoms with E-state index in [9.17, 15) is 26.3 Å². The molecule has 0 saturated heterocycles. The van der Waals surface area contributed by atoms with Crippen molar-refractivity contribution in [1.29, 1.82) is 0 Å². The van der Waals surface area contributed by atoms with Crippen molar-refractivity contribution in [2.75, 3.05) is 0 Å². The van der Waals surface area contributed by atoms with Crippen molar-refractivity contribution in [3.63, 3.8) is 0 Å². The molecule has 0 aliphatic rings. The summed E-state index contributed by atoms with van der Waals surface area (Å²) in [4.78, 5) is 3.58. The zero-order chi connectivity index (χ0) is 14.3. The van der Waals surface area contributed by atoms with Crippen LogP contribution in [-0.2, 0) is 12.4 Å². The normalized spacial score (nSPS) is 12.7. The third-order valence-corrected chi connectivity index (χ3v) is 3.01. The number of halogens is 6. The van der Waals surface area contributed by atoms with Gasteiger partial charge in [-0.2, -0.15) is 26.3 Å². The van der Waals surface area contributed by atoms with Crippen molar-refractivity contribution in [3.8, 4) is 10.6 Å². The zero-order valence-corrected chi connectivity index (χ0v) is 9.75. The zero-order valence-electron chi connectivity index (χ0n) is 8.93. The molecular formula is C11H4F6NS. The van der Waals surface area contributed by atoms with Gasteiger partial charge in [-0.05, 0) is 18.2 Å². The summed E-state index contributed by atoms with van der Waals surface area (Å²) < 4.78 is 75.9. The fraction of sp³-hybridized carbons (Fsp3) is 0.182. The number of benzene rings is 1. The van der Waals surface area contributed by atoms with Gasteiger partial charge >= 0.3 is 12.4 Å². The molecule has 19 heavy (non-hydrogen) atoms. The third-order valence-electron chi connectivity index (χ3n) is 2.27. The SMILES string of the molecule is FC(F)(F)c1ccc(C(F)(F)F)c(-c2nc[c]s2)c1. The van der Waals surface area contributed by atoms with E-state index in [1.54, 1.807) is 0 Å². The van der Waals surface area contributed by atoms with E-state index in [1.165, 1.54) is 0 Å². The van der Waals surface area contributed by atoms with E-state index in [4.69, 9.17) is 0 Å². The first-order valence-electron chi connectivity index (χ1n) is 4.80. The minimum absolute atomic E-state index is 0.154. The Morgan fingerprint density at radius 2 is 1.68 bits per heavy atom. The van der Waals surface area contributed by atoms with Crippen LogP contribution in [0.1, 0.15) is 11.1 Å². The molecule has 1 aromatic heterocycles. The van der Waals surface area contributed by atoms with Crippen LogP contribution in [0.15, 0.2) is 24.4 Å². The molecule has 2 aromatic rings. The fourth-order valence-corrected chi connectivity index (χ4v) is 2.06. The van der Waals surface area contributed by atoms with Crippen LogP contribution >= 0.6 is 11.3 Å². The van der Waals surface area contributed by atoms with E-state index in [2.05, 4.69) is 10.4 Å². The smallest absolute Gasteiger partial charge is 0.244 e. The Hall–Kier alpha value is -1.57. The first kappa shape index (κ1) is 13.9. The highest BCUT2D eigenvalue weighted by Crippen LogP contribution is 2.40. The van der Waals surface area contributed by atoms with E-state index in [0.29, 0.717) is 18.2 Å². The van der Waals surface area contributed by atoms with Crippen molar-refractivity contribution >= 4 is 11.3 Å². The van der Waals surface area contributed by atoms with Crippen molar-refractivity contribution in [2.45, 2.75) is 12.4 Å². The molecule has 0 aliphatic carbocycles. The molecule has 0 N–H and O–H groups in total. The standard InChI is InChI=1S/C11H4F6NS/c12-10(13,14)6-1-2-8(11(15,16)17)7(5-6)9-18-3-4-19-9/h1-3,5H. The van der Waals surface area contributed by atoms with E-state index >= 15 is 0 Å². The molecule has 1 heterocycles. The number of thiazole rings is 1. The summed E-state index contributed by atoms with van der Waals surface area (Å²) in [6.07, 6.45) is -8.34. The van der Waals surface area contributed by atoms with Gasteiger partial charge in [-0.1, -0.05) is 0 Å². The Kier molecular flexibility index (Phi) is 3.29. The van der Waals surface area contributed by atoms with Gasteiger partial charge in [0, 0.05) is 11.8 Å². The molecule has 0 spiro atoms. The fourth-order valence-electron chi connectivity index (χ4n) is 1.46. The topological polar surface area (TPSA) is 12.9 Å². The van der Waals surface area contributed by atoms with Crippen LogP contribution in [0.3, 0.4) is 0 Å². The molecule has 0 amide bonds. The summed E-state index contributed by atoms with van der Waals surface area (Å²) >= 11 is 0.722. The van der Waals surface area contributed by atoms with Gasteiger partial charge in [0.2, 0.25) is 0 Å². The Labute approximate surface area is 107 Å². The van der Waals surface area contributed by atoms with Crippen LogP contribution in [0, 0.1) is 5.38 Å². The van der Waals surface area contributed by atoms with Crippen LogP contribution in [0.2, 0.25) is 0 Å². The van der Waals surface area contributed by atoms with Gasteiger partial charge in [-0.3, -0.25) is 0 Å². The second-order valence-electron chi connectivity index (χ2n) is 3.54. The summed E-state index contributed by atoms with van der Waals surface area (Å²) in [6, 6.07) is 1.28. The largest absolute Gasteiger partial charge is 0.417 e. The van der Waals surface area contributed by atoms with E-state index < -0.39 is 29.0 Å². The lowest BCUT2D eigenvalue weighted by Crippen LogP contribution is -2.10. The van der Waals surface area contributed by atoms with Gasteiger partial charge in [-0.25, -0.2) is 4.98 Å². The summed E-state index contributed by atoms with van der Waals surface area (Å²) in [7, 11) is 0. The van der Waals surface area contributed by atoms with Crippen LogP contribution in [0.4, 0.5) is 26.3 Å². The van der Waals surface area contributed by atoms with Crippen LogP contribution in [0.5, 0.6) is 0 Å². The van der Waals surface area contributed by atoms with Crippen LogP contribution in [-0.4, -0.2) is 4.98 Å². The maximum atomic E-state index is 12.8. The quantitative estimate of drug-likeness (QED) is 0.698. The van der Waals surface area contributed by atoms with Gasteiger partial charge < -0.3 is 0 Å².